The molecule has 0 fully saturated rings. The van der Waals surface area contributed by atoms with Gasteiger partial charge in [-0.2, -0.15) is 0 Å². The highest BCUT2D eigenvalue weighted by Gasteiger charge is 2.14. The van der Waals surface area contributed by atoms with Gasteiger partial charge in [-0.05, 0) is 48.0 Å². The summed E-state index contributed by atoms with van der Waals surface area (Å²) in [7, 11) is 1.56. The van der Waals surface area contributed by atoms with E-state index >= 15 is 0 Å². The number of halogens is 2. The molecule has 160 valence electrons. The van der Waals surface area contributed by atoms with Gasteiger partial charge in [-0.3, -0.25) is 9.59 Å². The Morgan fingerprint density at radius 1 is 1.00 bits per heavy atom. The fraction of sp³-hybridized carbons (Fsp3) is 0.130. The summed E-state index contributed by atoms with van der Waals surface area (Å²) < 4.78 is 5.87. The highest BCUT2D eigenvalue weighted by molar-refractivity contribution is 6.37. The summed E-state index contributed by atoms with van der Waals surface area (Å²) in [6.07, 6.45) is 0.327. The molecule has 0 saturated carbocycles. The maximum atomic E-state index is 11.7. The third kappa shape index (κ3) is 5.29. The lowest BCUT2D eigenvalue weighted by atomic mass is 10.0. The standard InChI is InChI=1S/C23H20Cl2N2O4/c1-3-21(29)27-15-10-18(24)22(19(25)11-15)31-16-8-9-20(28)17(12-16)13-4-6-14(7-5-13)23(30)26-2/h4-12,28H,3H2,1-2H3,(H,26,30)(H,27,29). The number of hydrogen-bond acceptors (Lipinski definition) is 4. The fourth-order valence-electron chi connectivity index (χ4n) is 2.85. The van der Waals surface area contributed by atoms with Crippen LogP contribution in [0.5, 0.6) is 17.2 Å². The number of anilines is 1. The summed E-state index contributed by atoms with van der Waals surface area (Å²) >= 11 is 12.6. The van der Waals surface area contributed by atoms with E-state index < -0.39 is 0 Å². The summed E-state index contributed by atoms with van der Waals surface area (Å²) in [6, 6.07) is 14.6. The van der Waals surface area contributed by atoms with Gasteiger partial charge >= 0.3 is 0 Å². The number of rotatable bonds is 6. The molecule has 6 nitrogen and oxygen atoms in total. The zero-order valence-electron chi connectivity index (χ0n) is 16.8. The average molecular weight is 459 g/mol. The topological polar surface area (TPSA) is 87.7 Å². The minimum Gasteiger partial charge on any atom is -0.507 e. The number of benzene rings is 3. The van der Waals surface area contributed by atoms with Crippen LogP contribution in [0.3, 0.4) is 0 Å². The molecule has 3 aromatic rings. The van der Waals surface area contributed by atoms with Crippen molar-refractivity contribution in [1.29, 1.82) is 0 Å². The Kier molecular flexibility index (Phi) is 7.05. The van der Waals surface area contributed by atoms with Crippen molar-refractivity contribution in [2.75, 3.05) is 12.4 Å². The number of carbonyl (C=O) groups is 2. The molecule has 2 amide bonds. The van der Waals surface area contributed by atoms with Gasteiger partial charge in [0.15, 0.2) is 5.75 Å². The van der Waals surface area contributed by atoms with Crippen molar-refractivity contribution in [2.24, 2.45) is 0 Å². The molecule has 0 spiro atoms. The lowest BCUT2D eigenvalue weighted by Gasteiger charge is -2.14. The third-order valence-corrected chi connectivity index (χ3v) is 5.04. The molecule has 31 heavy (non-hydrogen) atoms. The van der Waals surface area contributed by atoms with E-state index in [1.54, 1.807) is 62.5 Å². The molecule has 0 radical (unpaired) electrons. The third-order valence-electron chi connectivity index (χ3n) is 4.48. The van der Waals surface area contributed by atoms with Crippen LogP contribution in [-0.4, -0.2) is 24.0 Å². The van der Waals surface area contributed by atoms with Crippen LogP contribution >= 0.6 is 23.2 Å². The monoisotopic (exact) mass is 458 g/mol. The summed E-state index contributed by atoms with van der Waals surface area (Å²) in [5.74, 6) is 0.318. The summed E-state index contributed by atoms with van der Waals surface area (Å²) in [5, 5.41) is 16.0. The van der Waals surface area contributed by atoms with Gasteiger partial charge in [0.25, 0.3) is 5.91 Å². The number of phenols is 1. The number of phenolic OH excluding ortho intramolecular Hbond substituents is 1. The molecule has 0 aliphatic carbocycles. The Balaban J connectivity index is 1.89. The van der Waals surface area contributed by atoms with E-state index in [4.69, 9.17) is 27.9 Å². The number of hydrogen-bond donors (Lipinski definition) is 3. The van der Waals surface area contributed by atoms with E-state index in [0.717, 1.165) is 0 Å². The number of amides is 2. The predicted octanol–water partition coefficient (Wildman–Crippen LogP) is 5.87. The van der Waals surface area contributed by atoms with Gasteiger partial charge in [-0.25, -0.2) is 0 Å². The zero-order chi connectivity index (χ0) is 22.5. The number of nitrogens with one attached hydrogen (secondary N) is 2. The lowest BCUT2D eigenvalue weighted by molar-refractivity contribution is -0.115. The van der Waals surface area contributed by atoms with Crippen molar-refractivity contribution in [2.45, 2.75) is 13.3 Å². The molecule has 0 aliphatic rings. The van der Waals surface area contributed by atoms with E-state index in [1.165, 1.54) is 6.07 Å². The van der Waals surface area contributed by atoms with Crippen LogP contribution in [0.25, 0.3) is 11.1 Å². The quantitative estimate of drug-likeness (QED) is 0.431. The van der Waals surface area contributed by atoms with Gasteiger partial charge in [-0.15, -0.1) is 0 Å². The molecular formula is C23H20Cl2N2O4. The minimum absolute atomic E-state index is 0.0508. The fourth-order valence-corrected chi connectivity index (χ4v) is 3.42. The van der Waals surface area contributed by atoms with Crippen molar-refractivity contribution in [3.63, 3.8) is 0 Å². The van der Waals surface area contributed by atoms with Gasteiger partial charge in [0.2, 0.25) is 5.91 Å². The first-order valence-corrected chi connectivity index (χ1v) is 10.2. The molecule has 0 aliphatic heterocycles. The normalized spacial score (nSPS) is 10.5. The number of aromatic hydroxyl groups is 1. The van der Waals surface area contributed by atoms with Gasteiger partial charge < -0.3 is 20.5 Å². The first-order valence-electron chi connectivity index (χ1n) is 9.44. The van der Waals surface area contributed by atoms with Crippen LogP contribution in [0, 0.1) is 0 Å². The van der Waals surface area contributed by atoms with Gasteiger partial charge in [0.1, 0.15) is 11.5 Å². The number of ether oxygens (including phenoxy) is 1. The Morgan fingerprint density at radius 3 is 2.23 bits per heavy atom. The van der Waals surface area contributed by atoms with E-state index in [0.29, 0.717) is 34.5 Å². The zero-order valence-corrected chi connectivity index (χ0v) is 18.3. The summed E-state index contributed by atoms with van der Waals surface area (Å²) in [5.41, 5.74) is 2.19. The van der Waals surface area contributed by atoms with Crippen LogP contribution in [0.1, 0.15) is 23.7 Å². The van der Waals surface area contributed by atoms with Crippen molar-refractivity contribution in [3.05, 3.63) is 70.2 Å². The van der Waals surface area contributed by atoms with E-state index in [-0.39, 0.29) is 33.4 Å². The molecule has 0 aromatic heterocycles. The van der Waals surface area contributed by atoms with Gasteiger partial charge in [0.05, 0.1) is 10.0 Å². The van der Waals surface area contributed by atoms with Crippen molar-refractivity contribution < 1.29 is 19.4 Å². The van der Waals surface area contributed by atoms with E-state index in [2.05, 4.69) is 10.6 Å². The molecule has 0 bridgehead atoms. The second kappa shape index (κ2) is 9.73. The molecule has 0 saturated heterocycles. The highest BCUT2D eigenvalue weighted by Crippen LogP contribution is 2.41. The van der Waals surface area contributed by atoms with Gasteiger partial charge in [-0.1, -0.05) is 42.3 Å². The summed E-state index contributed by atoms with van der Waals surface area (Å²) in [4.78, 5) is 23.3. The second-order valence-electron chi connectivity index (χ2n) is 6.61. The van der Waals surface area contributed by atoms with Crippen LogP contribution in [-0.2, 0) is 4.79 Å². The first kappa shape index (κ1) is 22.5. The Labute approximate surface area is 189 Å². The van der Waals surface area contributed by atoms with Crippen molar-refractivity contribution in [3.8, 4) is 28.4 Å². The highest BCUT2D eigenvalue weighted by atomic mass is 35.5. The van der Waals surface area contributed by atoms with Crippen LogP contribution in [0.2, 0.25) is 10.0 Å². The van der Waals surface area contributed by atoms with Crippen molar-refractivity contribution >= 4 is 40.7 Å². The molecule has 0 unspecified atom stereocenters. The Bertz CT molecular complexity index is 1110. The molecule has 3 N–H and O–H groups in total. The average Bonchev–Trinajstić information content (AvgIpc) is 2.76. The maximum Gasteiger partial charge on any atom is 0.251 e. The summed E-state index contributed by atoms with van der Waals surface area (Å²) in [6.45, 7) is 1.74. The molecular weight excluding hydrogens is 439 g/mol. The molecule has 3 aromatic carbocycles. The Hall–Kier alpha value is -3.22. The minimum atomic E-state index is -0.198. The second-order valence-corrected chi connectivity index (χ2v) is 7.42. The van der Waals surface area contributed by atoms with Crippen LogP contribution in [0.4, 0.5) is 5.69 Å². The largest absolute Gasteiger partial charge is 0.507 e. The lowest BCUT2D eigenvalue weighted by Crippen LogP contribution is -2.17. The van der Waals surface area contributed by atoms with Crippen LogP contribution in [0.15, 0.2) is 54.6 Å². The van der Waals surface area contributed by atoms with Crippen LogP contribution < -0.4 is 15.4 Å². The van der Waals surface area contributed by atoms with Gasteiger partial charge in [0, 0.05) is 30.3 Å². The van der Waals surface area contributed by atoms with Crippen molar-refractivity contribution in [1.82, 2.24) is 5.32 Å². The number of carbonyl (C=O) groups excluding carboxylic acids is 2. The first-order chi connectivity index (χ1) is 14.8. The molecule has 0 heterocycles. The predicted molar refractivity (Wildman–Crippen MR) is 122 cm³/mol. The molecule has 0 atom stereocenters. The maximum absolute atomic E-state index is 11.7. The Morgan fingerprint density at radius 2 is 1.65 bits per heavy atom. The van der Waals surface area contributed by atoms with E-state index in [1.807, 2.05) is 0 Å². The molecule has 3 rings (SSSR count). The SMILES string of the molecule is CCC(=O)Nc1cc(Cl)c(Oc2ccc(O)c(-c3ccc(C(=O)NC)cc3)c2)c(Cl)c1. The smallest absolute Gasteiger partial charge is 0.251 e. The van der Waals surface area contributed by atoms with E-state index in [9.17, 15) is 14.7 Å². The molecule has 8 heteroatoms.